The fourth-order valence-electron chi connectivity index (χ4n) is 2.29. The maximum absolute atomic E-state index is 10.8. The van der Waals surface area contributed by atoms with Gasteiger partial charge in [0.05, 0.1) is 16.7 Å². The number of carboxylic acids is 1. The highest BCUT2D eigenvalue weighted by molar-refractivity contribution is 6.33. The molecule has 1 aromatic heterocycles. The Hall–Kier alpha value is -1.33. The Morgan fingerprint density at radius 3 is 3.11 bits per heavy atom. The topological polar surface area (TPSA) is 71.5 Å². The summed E-state index contributed by atoms with van der Waals surface area (Å²) in [5, 5.41) is 12.3. The normalized spacial score (nSPS) is 22.4. The van der Waals surface area contributed by atoms with Crippen LogP contribution in [0.4, 0.5) is 5.82 Å². The second-order valence-corrected chi connectivity index (χ2v) is 5.01. The standard InChI is InChI=1S/C13H17ClN2O3/c1-2-11-8(3-4-19-11)6-15-12-10(14)5-9(7-16-12)13(17)18/h5,7-8,11H,2-4,6H2,1H3,(H,15,16)(H,17,18). The zero-order chi connectivity index (χ0) is 13.8. The Balaban J connectivity index is 1.98. The van der Waals surface area contributed by atoms with Crippen molar-refractivity contribution in [2.75, 3.05) is 18.5 Å². The summed E-state index contributed by atoms with van der Waals surface area (Å²) in [6.07, 6.45) is 3.60. The third-order valence-electron chi connectivity index (χ3n) is 3.37. The monoisotopic (exact) mass is 284 g/mol. The maximum atomic E-state index is 10.8. The number of carboxylic acid groups (broad SMARTS) is 1. The first-order valence-electron chi connectivity index (χ1n) is 6.36. The minimum atomic E-state index is -1.03. The number of halogens is 1. The fraction of sp³-hybridized carbons (Fsp3) is 0.538. The highest BCUT2D eigenvalue weighted by Gasteiger charge is 2.26. The predicted molar refractivity (Wildman–Crippen MR) is 72.8 cm³/mol. The molecule has 0 aliphatic carbocycles. The fourth-order valence-corrected chi connectivity index (χ4v) is 2.52. The van der Waals surface area contributed by atoms with E-state index >= 15 is 0 Å². The van der Waals surface area contributed by atoms with Crippen LogP contribution >= 0.6 is 11.6 Å². The van der Waals surface area contributed by atoms with E-state index in [1.807, 2.05) is 0 Å². The molecule has 2 N–H and O–H groups in total. The van der Waals surface area contributed by atoms with Gasteiger partial charge in [0.15, 0.2) is 0 Å². The molecular formula is C13H17ClN2O3. The molecule has 1 saturated heterocycles. The van der Waals surface area contributed by atoms with Gasteiger partial charge in [-0.1, -0.05) is 18.5 Å². The Bertz CT molecular complexity index is 467. The summed E-state index contributed by atoms with van der Waals surface area (Å²) in [6.45, 7) is 3.64. The van der Waals surface area contributed by atoms with Crippen LogP contribution in [0.1, 0.15) is 30.1 Å². The van der Waals surface area contributed by atoms with E-state index in [9.17, 15) is 4.79 Å². The van der Waals surface area contributed by atoms with E-state index in [0.717, 1.165) is 26.0 Å². The SMILES string of the molecule is CCC1OCCC1CNc1ncc(C(=O)O)cc1Cl. The van der Waals surface area contributed by atoms with Crippen molar-refractivity contribution >= 4 is 23.4 Å². The molecular weight excluding hydrogens is 268 g/mol. The number of aromatic carboxylic acids is 1. The van der Waals surface area contributed by atoms with E-state index in [4.69, 9.17) is 21.4 Å². The Labute approximate surface area is 116 Å². The number of aromatic nitrogens is 1. The largest absolute Gasteiger partial charge is 0.478 e. The average molecular weight is 285 g/mol. The van der Waals surface area contributed by atoms with Gasteiger partial charge in [0, 0.05) is 25.3 Å². The van der Waals surface area contributed by atoms with E-state index < -0.39 is 5.97 Å². The van der Waals surface area contributed by atoms with E-state index in [0.29, 0.717) is 16.8 Å². The minimum absolute atomic E-state index is 0.0891. The summed E-state index contributed by atoms with van der Waals surface area (Å²) >= 11 is 6.01. The number of hydrogen-bond donors (Lipinski definition) is 2. The highest BCUT2D eigenvalue weighted by atomic mass is 35.5. The molecule has 2 heterocycles. The van der Waals surface area contributed by atoms with Crippen LogP contribution in [-0.4, -0.2) is 35.3 Å². The van der Waals surface area contributed by atoms with Gasteiger partial charge in [-0.25, -0.2) is 9.78 Å². The molecule has 1 fully saturated rings. The first kappa shape index (κ1) is 14.1. The zero-order valence-electron chi connectivity index (χ0n) is 10.7. The van der Waals surface area contributed by atoms with Crippen molar-refractivity contribution in [2.24, 2.45) is 5.92 Å². The van der Waals surface area contributed by atoms with Crippen molar-refractivity contribution in [3.8, 4) is 0 Å². The lowest BCUT2D eigenvalue weighted by Crippen LogP contribution is -2.23. The maximum Gasteiger partial charge on any atom is 0.337 e. The lowest BCUT2D eigenvalue weighted by Gasteiger charge is -2.18. The van der Waals surface area contributed by atoms with Gasteiger partial charge in [-0.2, -0.15) is 0 Å². The van der Waals surface area contributed by atoms with Crippen molar-refractivity contribution < 1.29 is 14.6 Å². The number of anilines is 1. The first-order chi connectivity index (χ1) is 9.11. The van der Waals surface area contributed by atoms with Gasteiger partial charge in [0.2, 0.25) is 0 Å². The summed E-state index contributed by atoms with van der Waals surface area (Å²) < 4.78 is 5.61. The van der Waals surface area contributed by atoms with Crippen molar-refractivity contribution in [1.82, 2.24) is 4.98 Å². The minimum Gasteiger partial charge on any atom is -0.478 e. The number of nitrogens with zero attached hydrogens (tertiary/aromatic N) is 1. The molecule has 1 aliphatic rings. The Morgan fingerprint density at radius 1 is 1.68 bits per heavy atom. The molecule has 0 bridgehead atoms. The van der Waals surface area contributed by atoms with Crippen LogP contribution in [0.5, 0.6) is 0 Å². The molecule has 1 aromatic rings. The van der Waals surface area contributed by atoms with Gasteiger partial charge in [0.1, 0.15) is 5.82 Å². The molecule has 1 aliphatic heterocycles. The lowest BCUT2D eigenvalue weighted by molar-refractivity contribution is 0.0696. The van der Waals surface area contributed by atoms with Crippen LogP contribution < -0.4 is 5.32 Å². The van der Waals surface area contributed by atoms with Crippen LogP contribution in [0.15, 0.2) is 12.3 Å². The summed E-state index contributed by atoms with van der Waals surface area (Å²) in [5.41, 5.74) is 0.0891. The third-order valence-corrected chi connectivity index (χ3v) is 3.66. The summed E-state index contributed by atoms with van der Waals surface area (Å²) in [5.74, 6) is -0.0633. The number of nitrogens with one attached hydrogen (secondary N) is 1. The Morgan fingerprint density at radius 2 is 2.47 bits per heavy atom. The number of carbonyl (C=O) groups is 1. The number of ether oxygens (including phenoxy) is 1. The molecule has 2 atom stereocenters. The van der Waals surface area contributed by atoms with Crippen LogP contribution in [-0.2, 0) is 4.74 Å². The molecule has 0 aromatic carbocycles. The Kier molecular flexibility index (Phi) is 4.61. The smallest absolute Gasteiger partial charge is 0.337 e. The van der Waals surface area contributed by atoms with E-state index in [2.05, 4.69) is 17.2 Å². The van der Waals surface area contributed by atoms with E-state index in [1.54, 1.807) is 0 Å². The predicted octanol–water partition coefficient (Wildman–Crippen LogP) is 2.66. The van der Waals surface area contributed by atoms with Crippen molar-refractivity contribution in [2.45, 2.75) is 25.9 Å². The van der Waals surface area contributed by atoms with E-state index in [-0.39, 0.29) is 11.7 Å². The molecule has 0 spiro atoms. The number of rotatable bonds is 5. The summed E-state index contributed by atoms with van der Waals surface area (Å²) in [7, 11) is 0. The van der Waals surface area contributed by atoms with Gasteiger partial charge in [-0.15, -0.1) is 0 Å². The van der Waals surface area contributed by atoms with Gasteiger partial charge in [-0.3, -0.25) is 0 Å². The molecule has 6 heteroatoms. The molecule has 5 nitrogen and oxygen atoms in total. The van der Waals surface area contributed by atoms with Gasteiger partial charge in [0.25, 0.3) is 0 Å². The molecule has 2 rings (SSSR count). The van der Waals surface area contributed by atoms with Crippen LogP contribution in [0.3, 0.4) is 0 Å². The van der Waals surface area contributed by atoms with Crippen molar-refractivity contribution in [3.05, 3.63) is 22.8 Å². The highest BCUT2D eigenvalue weighted by Crippen LogP contribution is 2.25. The zero-order valence-corrected chi connectivity index (χ0v) is 11.5. The quantitative estimate of drug-likeness (QED) is 0.870. The second kappa shape index (κ2) is 6.21. The third kappa shape index (κ3) is 3.36. The van der Waals surface area contributed by atoms with Gasteiger partial charge in [-0.05, 0) is 18.9 Å². The second-order valence-electron chi connectivity index (χ2n) is 4.61. The van der Waals surface area contributed by atoms with Crippen LogP contribution in [0.25, 0.3) is 0 Å². The number of hydrogen-bond acceptors (Lipinski definition) is 4. The lowest BCUT2D eigenvalue weighted by atomic mass is 10.00. The van der Waals surface area contributed by atoms with Crippen molar-refractivity contribution in [1.29, 1.82) is 0 Å². The van der Waals surface area contributed by atoms with Crippen LogP contribution in [0.2, 0.25) is 5.02 Å². The van der Waals surface area contributed by atoms with Crippen LogP contribution in [0, 0.1) is 5.92 Å². The molecule has 104 valence electrons. The molecule has 19 heavy (non-hydrogen) atoms. The van der Waals surface area contributed by atoms with Gasteiger partial charge < -0.3 is 15.2 Å². The van der Waals surface area contributed by atoms with E-state index in [1.165, 1.54) is 12.3 Å². The number of pyridine rings is 1. The molecule has 2 unspecified atom stereocenters. The molecule has 0 amide bonds. The molecule has 0 radical (unpaired) electrons. The average Bonchev–Trinajstić information content (AvgIpc) is 2.84. The first-order valence-corrected chi connectivity index (χ1v) is 6.74. The molecule has 0 saturated carbocycles. The van der Waals surface area contributed by atoms with Crippen molar-refractivity contribution in [3.63, 3.8) is 0 Å². The summed E-state index contributed by atoms with van der Waals surface area (Å²) in [4.78, 5) is 14.8. The summed E-state index contributed by atoms with van der Waals surface area (Å²) in [6, 6.07) is 1.40. The van der Waals surface area contributed by atoms with Gasteiger partial charge >= 0.3 is 5.97 Å².